The monoisotopic (exact) mass is 1820 g/mol. The van der Waals surface area contributed by atoms with Crippen LogP contribution >= 0.6 is 58.0 Å². The minimum Gasteiger partial charge on any atom is -0.493 e. The first-order valence-corrected chi connectivity index (χ1v) is 42.4. The molecule has 9 heterocycles. The quantitative estimate of drug-likeness (QED) is 0.0446. The number of carbonyl (C=O) groups excluding carboxylic acids is 3. The second kappa shape index (κ2) is 36.6. The molecule has 16 aromatic rings. The fourth-order valence-corrected chi connectivity index (χ4v) is 16.2. The highest BCUT2D eigenvalue weighted by atomic mass is 35.5. The molecule has 5 N–H and O–H groups in total. The summed E-state index contributed by atoms with van der Waals surface area (Å²) in [5.41, 5.74) is 22.0. The topological polar surface area (TPSA) is 358 Å². The first-order valence-electron chi connectivity index (χ1n) is 39.4. The largest absolute Gasteiger partial charge is 0.493 e. The van der Waals surface area contributed by atoms with Gasteiger partial charge in [0.15, 0.2) is 64.2 Å². The predicted octanol–water partition coefficient (Wildman–Crippen LogP) is 18.5. The van der Waals surface area contributed by atoms with E-state index in [-0.39, 0.29) is 39.3 Å². The van der Waals surface area contributed by atoms with E-state index in [4.69, 9.17) is 96.2 Å². The Morgan fingerprint density at radius 1 is 0.583 bits per heavy atom. The molecule has 2 saturated heterocycles. The highest BCUT2D eigenvalue weighted by molar-refractivity contribution is 7.82. The normalized spacial score (nSPS) is 14.8. The number of hydrazine groups is 2. The van der Waals surface area contributed by atoms with Gasteiger partial charge in [-0.3, -0.25) is 39.6 Å². The number of ether oxygens (including phenoxy) is 4. The van der Waals surface area contributed by atoms with Crippen molar-refractivity contribution in [3.05, 3.63) is 270 Å². The van der Waals surface area contributed by atoms with Crippen LogP contribution in [-0.4, -0.2) is 128 Å². The molecule has 644 valence electrons. The Hall–Kier alpha value is -14.1. The van der Waals surface area contributed by atoms with Crippen molar-refractivity contribution in [2.45, 2.75) is 93.8 Å². The van der Waals surface area contributed by atoms with Crippen molar-refractivity contribution in [2.75, 3.05) is 34.3 Å². The summed E-state index contributed by atoms with van der Waals surface area (Å²) in [6.45, 7) is 19.3. The molecule has 4 atom stereocenters. The third kappa shape index (κ3) is 18.0. The van der Waals surface area contributed by atoms with E-state index in [9.17, 15) is 18.6 Å². The lowest BCUT2D eigenvalue weighted by molar-refractivity contribution is -0.123. The van der Waals surface area contributed by atoms with Crippen molar-refractivity contribution in [1.82, 2.24) is 84.9 Å². The Morgan fingerprint density at radius 2 is 1.24 bits per heavy atom. The number of hydrogen-bond acceptors (Lipinski definition) is 21. The van der Waals surface area contributed by atoms with E-state index in [0.29, 0.717) is 140 Å². The van der Waals surface area contributed by atoms with E-state index < -0.39 is 35.4 Å². The van der Waals surface area contributed by atoms with Gasteiger partial charge in [0.25, 0.3) is 23.6 Å². The summed E-state index contributed by atoms with van der Waals surface area (Å²) in [6.07, 6.45) is 5.93. The Kier molecular flexibility index (Phi) is 24.9. The van der Waals surface area contributed by atoms with Crippen LogP contribution in [0.1, 0.15) is 75.8 Å². The summed E-state index contributed by atoms with van der Waals surface area (Å²) in [5, 5.41) is 29.0. The van der Waals surface area contributed by atoms with Gasteiger partial charge in [-0.25, -0.2) is 59.3 Å². The molecule has 32 nitrogen and oxygen atoms in total. The molecule has 0 saturated carbocycles. The van der Waals surface area contributed by atoms with Crippen LogP contribution in [0, 0.1) is 62.3 Å². The molecule has 3 amide bonds. The number of hydrogen-bond donors (Lipinski definition) is 5. The number of H-pyrrole nitrogens is 1. The van der Waals surface area contributed by atoms with Crippen LogP contribution in [0.15, 0.2) is 205 Å². The summed E-state index contributed by atoms with van der Waals surface area (Å²) < 4.78 is 51.3. The number of rotatable bonds is 21. The average molecular weight is 1820 g/mol. The van der Waals surface area contributed by atoms with Crippen LogP contribution in [0.4, 0.5) is 34.1 Å². The molecule has 0 bridgehead atoms. The summed E-state index contributed by atoms with van der Waals surface area (Å²) in [6, 6.07) is 49.1. The number of benzene rings is 9. The summed E-state index contributed by atoms with van der Waals surface area (Å²) in [4.78, 5) is 77.2. The molecule has 0 spiro atoms. The van der Waals surface area contributed by atoms with Crippen LogP contribution in [0.3, 0.4) is 0 Å². The maximum atomic E-state index is 14.0. The molecule has 0 aliphatic carbocycles. The van der Waals surface area contributed by atoms with Crippen LogP contribution in [0.25, 0.3) is 56.0 Å². The van der Waals surface area contributed by atoms with Crippen LogP contribution in [0.2, 0.25) is 25.1 Å². The number of amides is 3. The number of anilines is 4. The van der Waals surface area contributed by atoms with Crippen LogP contribution in [-0.2, 0) is 25.7 Å². The van der Waals surface area contributed by atoms with Crippen molar-refractivity contribution >= 4 is 172 Å². The lowest BCUT2D eigenvalue weighted by atomic mass is 10.1. The lowest BCUT2D eigenvalue weighted by Crippen LogP contribution is -2.36. The third-order valence-electron chi connectivity index (χ3n) is 20.6. The van der Waals surface area contributed by atoms with Gasteiger partial charge in [0.1, 0.15) is 47.2 Å². The number of imidazole rings is 1. The molecule has 18 rings (SSSR count). The van der Waals surface area contributed by atoms with E-state index in [1.807, 2.05) is 178 Å². The van der Waals surface area contributed by atoms with Crippen molar-refractivity contribution < 1.29 is 41.7 Å². The fourth-order valence-electron chi connectivity index (χ4n) is 14.1. The van der Waals surface area contributed by atoms with Crippen molar-refractivity contribution in [3.8, 4) is 51.7 Å². The molecular formula is C89H78Cl5N23O9S. The molecule has 9 aromatic carbocycles. The Bertz CT molecular complexity index is 7050. The van der Waals surface area contributed by atoms with Gasteiger partial charge < -0.3 is 28.4 Å². The number of aliphatic imine (C=N–C) groups is 2. The number of nitrogens with zero attached hydrogens (tertiary/aromatic N) is 18. The fraction of sp³-hybridized carbons (Fsp3) is 0.180. The van der Waals surface area contributed by atoms with Gasteiger partial charge in [0.05, 0.1) is 85.5 Å². The smallest absolute Gasteiger partial charge is 0.316 e. The number of methoxy groups -OCH3 is 2. The van der Waals surface area contributed by atoms with Crippen molar-refractivity contribution in [3.63, 3.8) is 0 Å². The van der Waals surface area contributed by atoms with Crippen LogP contribution < -0.4 is 54.0 Å². The van der Waals surface area contributed by atoms with Crippen LogP contribution in [0.5, 0.6) is 34.6 Å². The van der Waals surface area contributed by atoms with Gasteiger partial charge in [-0.1, -0.05) is 148 Å². The van der Waals surface area contributed by atoms with Crippen molar-refractivity contribution in [2.24, 2.45) is 9.98 Å². The molecule has 38 heteroatoms. The number of nitrogens with one attached hydrogen (secondary N) is 5. The zero-order chi connectivity index (χ0) is 89.3. The number of halogens is 5. The summed E-state index contributed by atoms with van der Waals surface area (Å²) in [5.74, 6) is 2.78. The molecule has 2 fully saturated rings. The lowest BCUT2D eigenvalue weighted by Gasteiger charge is -2.19. The number of aryl methyl sites for hydroxylation is 9. The summed E-state index contributed by atoms with van der Waals surface area (Å²) >= 11 is 30.0. The molecule has 4 unspecified atom stereocenters. The third-order valence-corrected chi connectivity index (χ3v) is 22.7. The predicted molar refractivity (Wildman–Crippen MR) is 491 cm³/mol. The standard InChI is InChI=1S/C35H34ClN7O3.C32H29N9O5S.C22H15Cl4N7O/c1-6-30(46-31-16-10-21(3)17-23(31)5)34(44)37-24-11-15-29-28(19-24)39-41-43(29)32-33(38-27-14-9-22(4)18-26(27)36)40-42(35(32)45)25-12-7-20(2)8-13-25;1-18-12-13-19(2)25(14-18)46-47(42)39-22-9-6-8-21(15-22)29-36-31-27(40-17-35-26-20(3)33-16-34-30(26)40)32(38-41(31)37-29)45-28-23(43-4)10-7-11-24(28)44-5;1-10-3-4-14(24)17(5-10)30-20-19(32-21-13(8-29-32)11(2)27-9-28-21)22(34)33(31-20)18-15(25)6-12(23)7-16(18)26/h7-19,30,32H,6H2,1-5H3,(H,37,44)(H,38,40);6-17,39H,1-5H3,(H,36,37);3-9,19H,1-2H3,(H,30,31). The van der Waals surface area contributed by atoms with Crippen molar-refractivity contribution in [1.29, 1.82) is 0 Å². The number of aromatic amines is 1. The number of aromatic nitrogens is 15. The highest BCUT2D eigenvalue weighted by Crippen LogP contribution is 2.45. The maximum Gasteiger partial charge on any atom is 0.316 e. The number of para-hydroxylation sites is 1. The molecule has 0 radical (unpaired) electrons. The highest BCUT2D eigenvalue weighted by Gasteiger charge is 2.45. The van der Waals surface area contributed by atoms with E-state index >= 15 is 0 Å². The van der Waals surface area contributed by atoms with Gasteiger partial charge >= 0.3 is 11.3 Å². The minimum atomic E-state index is -1.84. The number of fused-ring (bicyclic) bond motifs is 4. The maximum absolute atomic E-state index is 14.0. The van der Waals surface area contributed by atoms with E-state index in [0.717, 1.165) is 50.3 Å². The first-order chi connectivity index (χ1) is 61.2. The summed E-state index contributed by atoms with van der Waals surface area (Å²) in [7, 11) is 3.09. The minimum absolute atomic E-state index is 0.190. The second-order valence-corrected chi connectivity index (χ2v) is 32.6. The van der Waals surface area contributed by atoms with Gasteiger partial charge in [-0.2, -0.15) is 9.31 Å². The number of amidine groups is 2. The first kappa shape index (κ1) is 86.4. The van der Waals surface area contributed by atoms with Gasteiger partial charge in [-0.05, 0) is 200 Å². The van der Waals surface area contributed by atoms with E-state index in [1.54, 1.807) is 79.8 Å². The molecular weight excluding hydrogens is 1740 g/mol. The number of carbonyl (C=O) groups is 3. The van der Waals surface area contributed by atoms with Gasteiger partial charge in [-0.15, -0.1) is 14.8 Å². The Balaban J connectivity index is 0.000000142. The van der Waals surface area contributed by atoms with Gasteiger partial charge in [0, 0.05) is 16.3 Å². The zero-order valence-corrected chi connectivity index (χ0v) is 74.5. The molecule has 2 aliphatic heterocycles. The van der Waals surface area contributed by atoms with E-state index in [1.165, 1.54) is 48.8 Å². The molecule has 127 heavy (non-hydrogen) atoms. The van der Waals surface area contributed by atoms with Gasteiger partial charge in [0.2, 0.25) is 11.4 Å². The zero-order valence-electron chi connectivity index (χ0n) is 69.9. The Labute approximate surface area is 753 Å². The molecule has 2 aliphatic rings. The molecule has 7 aromatic heterocycles. The average Bonchev–Trinajstić information content (AvgIpc) is 1.60. The Morgan fingerprint density at radius 3 is 1.97 bits per heavy atom. The van der Waals surface area contributed by atoms with E-state index in [2.05, 4.69) is 71.3 Å². The SMILES string of the molecule is CCC(Oc1ccc(C)cc1C)C(=O)Nc1ccc2c(c1)nnn2C1C(=O)N(c2ccc(C)cc2)NC1=Nc1ccc(C)cc1Cl.COc1cccc(OC)c1Oc1nn2[nH]c(-c3cccc(NS(=O)Oc4cc(C)ccc4C)c3)nc2c1-n1cnc2c(C)ncnc21.Cc1ccc(Cl)c(N=C2NN(c3c(Cl)cc(Cl)cc3Cl)C(=O)C2n2ncc3c(C)ncnc32)c1. The second-order valence-electron chi connectivity index (χ2n) is 29.7.